The molecule has 2 heterocycles. The van der Waals surface area contributed by atoms with Gasteiger partial charge in [-0.15, -0.1) is 0 Å². The molecule has 1 aliphatic rings. The molecule has 0 atom stereocenters. The standard InChI is InChI=1S/C16H16ClN5O/c1-16(2)11(8-5-9-3-6-10(17)7-4-9)19-12-13(22-16)20-15(18)21-14(12)23/h3-8H,1-2H3,(H4,18,20,21,22,23)/b8-5+. The van der Waals surface area contributed by atoms with Gasteiger partial charge in [0.05, 0.1) is 11.3 Å². The van der Waals surface area contributed by atoms with Gasteiger partial charge in [0.25, 0.3) is 5.56 Å². The molecular weight excluding hydrogens is 314 g/mol. The summed E-state index contributed by atoms with van der Waals surface area (Å²) in [6, 6.07) is 7.46. The van der Waals surface area contributed by atoms with Crippen LogP contribution in [0, 0.1) is 0 Å². The topological polar surface area (TPSA) is 96.2 Å². The molecule has 0 saturated heterocycles. The summed E-state index contributed by atoms with van der Waals surface area (Å²) in [5, 5.41) is 3.88. The lowest BCUT2D eigenvalue weighted by Crippen LogP contribution is -2.42. The molecule has 1 aromatic heterocycles. The van der Waals surface area contributed by atoms with Gasteiger partial charge in [0.1, 0.15) is 0 Å². The van der Waals surface area contributed by atoms with Crippen LogP contribution in [0.2, 0.25) is 5.02 Å². The van der Waals surface area contributed by atoms with Crippen LogP contribution in [0.3, 0.4) is 0 Å². The Morgan fingerprint density at radius 3 is 2.61 bits per heavy atom. The van der Waals surface area contributed by atoms with Gasteiger partial charge in [0, 0.05) is 5.02 Å². The van der Waals surface area contributed by atoms with Gasteiger partial charge in [-0.25, -0.2) is 4.99 Å². The van der Waals surface area contributed by atoms with Gasteiger partial charge >= 0.3 is 0 Å². The third-order valence-electron chi connectivity index (χ3n) is 3.52. The van der Waals surface area contributed by atoms with Gasteiger partial charge in [0.2, 0.25) is 5.95 Å². The summed E-state index contributed by atoms with van der Waals surface area (Å²) in [4.78, 5) is 23.0. The van der Waals surface area contributed by atoms with Gasteiger partial charge in [0.15, 0.2) is 11.5 Å². The van der Waals surface area contributed by atoms with Crippen molar-refractivity contribution in [1.29, 1.82) is 0 Å². The summed E-state index contributed by atoms with van der Waals surface area (Å²) in [5.41, 5.74) is 6.66. The zero-order chi connectivity index (χ0) is 16.6. The lowest BCUT2D eigenvalue weighted by Gasteiger charge is -2.31. The first-order valence-electron chi connectivity index (χ1n) is 7.06. The van der Waals surface area contributed by atoms with E-state index >= 15 is 0 Å². The number of fused-ring (bicyclic) bond motifs is 1. The highest BCUT2D eigenvalue weighted by Crippen LogP contribution is 2.29. The van der Waals surface area contributed by atoms with Crippen molar-refractivity contribution in [1.82, 2.24) is 9.97 Å². The molecule has 0 unspecified atom stereocenters. The molecule has 0 spiro atoms. The molecule has 23 heavy (non-hydrogen) atoms. The second kappa shape index (κ2) is 5.55. The fourth-order valence-corrected chi connectivity index (χ4v) is 2.42. The minimum atomic E-state index is -0.483. The Morgan fingerprint density at radius 2 is 1.91 bits per heavy atom. The fraction of sp³-hybridized carbons (Fsp3) is 0.188. The molecule has 0 saturated carbocycles. The van der Waals surface area contributed by atoms with Crippen molar-refractivity contribution in [2.24, 2.45) is 4.99 Å². The maximum atomic E-state index is 12.0. The van der Waals surface area contributed by atoms with Crippen molar-refractivity contribution in [3.05, 3.63) is 51.3 Å². The summed E-state index contributed by atoms with van der Waals surface area (Å²) in [6.45, 7) is 3.92. The van der Waals surface area contributed by atoms with E-state index in [1.165, 1.54) is 0 Å². The average Bonchev–Trinajstić information content (AvgIpc) is 2.46. The van der Waals surface area contributed by atoms with Crippen LogP contribution in [0.15, 0.2) is 40.1 Å². The number of benzene rings is 1. The monoisotopic (exact) mass is 329 g/mol. The summed E-state index contributed by atoms with van der Waals surface area (Å²) in [5.74, 6) is 0.451. The molecule has 0 fully saturated rings. The van der Waals surface area contributed by atoms with Gasteiger partial charge in [-0.2, -0.15) is 4.98 Å². The van der Waals surface area contributed by atoms with Crippen molar-refractivity contribution in [2.75, 3.05) is 11.1 Å². The molecule has 7 heteroatoms. The molecule has 6 nitrogen and oxygen atoms in total. The third-order valence-corrected chi connectivity index (χ3v) is 3.77. The minimum Gasteiger partial charge on any atom is -0.369 e. The molecular formula is C16H16ClN5O. The number of nitrogen functional groups attached to an aromatic ring is 1. The highest BCUT2D eigenvalue weighted by Gasteiger charge is 2.30. The van der Waals surface area contributed by atoms with Crippen LogP contribution in [0.1, 0.15) is 19.4 Å². The first-order valence-corrected chi connectivity index (χ1v) is 7.44. The number of aromatic nitrogens is 2. The van der Waals surface area contributed by atoms with Gasteiger partial charge in [-0.1, -0.05) is 29.8 Å². The number of halogens is 1. The van der Waals surface area contributed by atoms with Crippen molar-refractivity contribution >= 4 is 40.8 Å². The average molecular weight is 330 g/mol. The van der Waals surface area contributed by atoms with Crippen LogP contribution in [0.4, 0.5) is 17.5 Å². The zero-order valence-electron chi connectivity index (χ0n) is 12.7. The van der Waals surface area contributed by atoms with E-state index in [0.717, 1.165) is 11.3 Å². The van der Waals surface area contributed by atoms with E-state index in [1.807, 2.05) is 50.3 Å². The van der Waals surface area contributed by atoms with Crippen molar-refractivity contribution in [3.8, 4) is 0 Å². The number of rotatable bonds is 2. The van der Waals surface area contributed by atoms with Crippen LogP contribution in [-0.2, 0) is 0 Å². The first kappa shape index (κ1) is 15.3. The number of hydrogen-bond acceptors (Lipinski definition) is 5. The number of aromatic amines is 1. The third kappa shape index (κ3) is 3.12. The Hall–Kier alpha value is -2.60. The van der Waals surface area contributed by atoms with Crippen molar-refractivity contribution in [3.63, 3.8) is 0 Å². The SMILES string of the molecule is CC1(C)Nc2nc(N)[nH]c(=O)c2N=C1/C=C/c1ccc(Cl)cc1. The van der Waals surface area contributed by atoms with E-state index in [0.29, 0.717) is 10.8 Å². The molecule has 1 aliphatic heterocycles. The molecule has 4 N–H and O–H groups in total. The van der Waals surface area contributed by atoms with Crippen molar-refractivity contribution < 1.29 is 0 Å². The van der Waals surface area contributed by atoms with E-state index < -0.39 is 5.54 Å². The van der Waals surface area contributed by atoms with Gasteiger partial charge < -0.3 is 11.1 Å². The zero-order valence-corrected chi connectivity index (χ0v) is 13.5. The molecule has 0 aliphatic carbocycles. The number of nitrogens with two attached hydrogens (primary N) is 1. The Labute approximate surface area is 138 Å². The molecule has 3 rings (SSSR count). The normalized spacial score (nSPS) is 15.9. The molecule has 1 aromatic carbocycles. The van der Waals surface area contributed by atoms with Crippen LogP contribution >= 0.6 is 11.6 Å². The number of nitrogens with zero attached hydrogens (tertiary/aromatic N) is 2. The molecule has 2 aromatic rings. The maximum Gasteiger partial charge on any atom is 0.280 e. The Morgan fingerprint density at radius 1 is 1.22 bits per heavy atom. The Kier molecular flexibility index (Phi) is 3.69. The summed E-state index contributed by atoms with van der Waals surface area (Å²) in [6.07, 6.45) is 3.79. The van der Waals surface area contributed by atoms with Crippen LogP contribution in [0.25, 0.3) is 6.08 Å². The predicted octanol–water partition coefficient (Wildman–Crippen LogP) is 3.00. The number of anilines is 2. The highest BCUT2D eigenvalue weighted by atomic mass is 35.5. The smallest absolute Gasteiger partial charge is 0.280 e. The molecule has 0 bridgehead atoms. The molecule has 0 radical (unpaired) electrons. The van der Waals surface area contributed by atoms with Gasteiger partial charge in [-0.05, 0) is 37.6 Å². The molecule has 118 valence electrons. The van der Waals surface area contributed by atoms with Crippen molar-refractivity contribution in [2.45, 2.75) is 19.4 Å². The molecule has 0 amide bonds. The number of nitrogens with one attached hydrogen (secondary N) is 2. The summed E-state index contributed by atoms with van der Waals surface area (Å²) < 4.78 is 0. The van der Waals surface area contributed by atoms with Crippen LogP contribution < -0.4 is 16.6 Å². The Bertz CT molecular complexity index is 865. The first-order chi connectivity index (χ1) is 10.8. The summed E-state index contributed by atoms with van der Waals surface area (Å²) in [7, 11) is 0. The number of hydrogen-bond donors (Lipinski definition) is 3. The quantitative estimate of drug-likeness (QED) is 0.789. The number of H-pyrrole nitrogens is 1. The van der Waals surface area contributed by atoms with Gasteiger partial charge in [-0.3, -0.25) is 9.78 Å². The second-order valence-electron chi connectivity index (χ2n) is 5.78. The summed E-state index contributed by atoms with van der Waals surface area (Å²) >= 11 is 5.88. The lowest BCUT2D eigenvalue weighted by molar-refractivity contribution is 0.746. The second-order valence-corrected chi connectivity index (χ2v) is 6.22. The Balaban J connectivity index is 2.01. The van der Waals surface area contributed by atoms with E-state index in [4.69, 9.17) is 17.3 Å². The lowest BCUT2D eigenvalue weighted by atomic mass is 9.95. The largest absolute Gasteiger partial charge is 0.369 e. The van der Waals surface area contributed by atoms with Crippen LogP contribution in [0.5, 0.6) is 0 Å². The fourth-order valence-electron chi connectivity index (χ4n) is 2.29. The van der Waals surface area contributed by atoms with Crippen LogP contribution in [-0.4, -0.2) is 21.2 Å². The van der Waals surface area contributed by atoms with E-state index in [-0.39, 0.29) is 17.2 Å². The van der Waals surface area contributed by atoms with E-state index in [9.17, 15) is 4.79 Å². The van der Waals surface area contributed by atoms with E-state index in [1.54, 1.807) is 0 Å². The van der Waals surface area contributed by atoms with E-state index in [2.05, 4.69) is 20.3 Å². The maximum absolute atomic E-state index is 12.0. The predicted molar refractivity (Wildman–Crippen MR) is 94.6 cm³/mol. The minimum absolute atomic E-state index is 0.0624. The highest BCUT2D eigenvalue weighted by molar-refractivity contribution is 6.30. The number of aliphatic imine (C=N–C) groups is 1.